The van der Waals surface area contributed by atoms with Gasteiger partial charge < -0.3 is 4.74 Å². The van der Waals surface area contributed by atoms with Crippen LogP contribution in [0.2, 0.25) is 0 Å². The molecule has 2 fully saturated rings. The second-order valence-electron chi connectivity index (χ2n) is 6.67. The number of thiophene rings is 1. The largest absolute Gasteiger partial charge is 0.452 e. The normalized spacial score (nSPS) is 24.8. The van der Waals surface area contributed by atoms with E-state index in [1.165, 1.54) is 30.5 Å². The first-order valence-corrected chi connectivity index (χ1v) is 10.6. The van der Waals surface area contributed by atoms with Crippen LogP contribution < -0.4 is 0 Å². The van der Waals surface area contributed by atoms with E-state index in [9.17, 15) is 14.4 Å². The third kappa shape index (κ3) is 2.92. The van der Waals surface area contributed by atoms with Crippen LogP contribution in [0.5, 0.6) is 0 Å². The molecule has 9 heteroatoms. The molecule has 3 amide bonds. The summed E-state index contributed by atoms with van der Waals surface area (Å²) in [6, 6.07) is 10.4. The summed E-state index contributed by atoms with van der Waals surface area (Å²) in [6.45, 7) is 0.383. The van der Waals surface area contributed by atoms with Crippen LogP contribution in [0, 0.1) is 9.49 Å². The third-order valence-electron chi connectivity index (χ3n) is 5.23. The average Bonchev–Trinajstić information content (AvgIpc) is 3.37. The number of halogens is 1. The van der Waals surface area contributed by atoms with Crippen molar-refractivity contribution in [2.24, 2.45) is 5.92 Å². The highest BCUT2D eigenvalue weighted by Gasteiger charge is 2.63. The lowest BCUT2D eigenvalue weighted by Crippen LogP contribution is -2.49. The van der Waals surface area contributed by atoms with Crippen molar-refractivity contribution in [3.8, 4) is 0 Å². The molecule has 0 radical (unpaired) electrons. The zero-order valence-electron chi connectivity index (χ0n) is 15.2. The Balaban J connectivity index is 1.84. The average molecular weight is 511 g/mol. The van der Waals surface area contributed by atoms with Gasteiger partial charge in [0.15, 0.2) is 0 Å². The number of likely N-dealkylation sites (N-methyl/N-ethyl adjacent to an activating group) is 1. The van der Waals surface area contributed by atoms with E-state index in [0.717, 1.165) is 18.9 Å². The second kappa shape index (κ2) is 7.45. The standard InChI is InChI=1S/C19H18IN3O4S/c1-21-17(24)14-15(13-8-5-9-28-13)22(10-11-6-3-4-7-12(11)20)23(19(26)27-2)16(14)18(21)25/h3-9,14-16H,10H2,1-2H3/t14-,15+,16+/m1/s1. The van der Waals surface area contributed by atoms with E-state index in [0.29, 0.717) is 6.54 Å². The van der Waals surface area contributed by atoms with Gasteiger partial charge in [0.2, 0.25) is 5.91 Å². The first-order chi connectivity index (χ1) is 13.5. The topological polar surface area (TPSA) is 70.2 Å². The van der Waals surface area contributed by atoms with E-state index in [4.69, 9.17) is 4.74 Å². The van der Waals surface area contributed by atoms with E-state index in [2.05, 4.69) is 22.6 Å². The van der Waals surface area contributed by atoms with Crippen molar-refractivity contribution in [2.75, 3.05) is 14.2 Å². The number of hydrogen-bond acceptors (Lipinski definition) is 6. The van der Waals surface area contributed by atoms with Crippen LogP contribution in [-0.2, 0) is 20.9 Å². The molecule has 146 valence electrons. The Kier molecular flexibility index (Phi) is 5.15. The van der Waals surface area contributed by atoms with E-state index < -0.39 is 24.1 Å². The van der Waals surface area contributed by atoms with Gasteiger partial charge in [-0.05, 0) is 45.7 Å². The quantitative estimate of drug-likeness (QED) is 0.469. The summed E-state index contributed by atoms with van der Waals surface area (Å²) in [6.07, 6.45) is -0.642. The molecule has 2 aliphatic rings. The van der Waals surface area contributed by atoms with Gasteiger partial charge in [0, 0.05) is 22.0 Å². The van der Waals surface area contributed by atoms with Gasteiger partial charge in [-0.25, -0.2) is 14.8 Å². The number of methoxy groups -OCH3 is 1. The molecule has 2 aliphatic heterocycles. The SMILES string of the molecule is COC(=O)N1[C@@H]2C(=O)N(C)C(=O)[C@@H]2[C@H](c2cccs2)N1Cc1ccccc1I. The smallest absolute Gasteiger partial charge is 0.424 e. The first-order valence-electron chi connectivity index (χ1n) is 8.67. The molecular weight excluding hydrogens is 493 g/mol. The predicted molar refractivity (Wildman–Crippen MR) is 111 cm³/mol. The van der Waals surface area contributed by atoms with Crippen molar-refractivity contribution in [1.29, 1.82) is 0 Å². The number of carbonyl (C=O) groups is 3. The number of benzene rings is 1. The van der Waals surface area contributed by atoms with Crippen LogP contribution in [-0.4, -0.2) is 53.0 Å². The molecule has 0 aliphatic carbocycles. The summed E-state index contributed by atoms with van der Waals surface area (Å²) in [5, 5.41) is 5.08. The van der Waals surface area contributed by atoms with Gasteiger partial charge in [-0.3, -0.25) is 14.5 Å². The summed E-state index contributed by atoms with van der Waals surface area (Å²) in [5.41, 5.74) is 1.01. The number of carbonyl (C=O) groups excluding carboxylic acids is 3. The fourth-order valence-electron chi connectivity index (χ4n) is 3.93. The summed E-state index contributed by atoms with van der Waals surface area (Å²) in [5.74, 6) is -1.31. The van der Waals surface area contributed by atoms with E-state index >= 15 is 0 Å². The number of hydrogen-bond donors (Lipinski definition) is 0. The van der Waals surface area contributed by atoms with Crippen molar-refractivity contribution in [2.45, 2.75) is 18.6 Å². The Hall–Kier alpha value is -1.98. The van der Waals surface area contributed by atoms with Crippen molar-refractivity contribution < 1.29 is 19.1 Å². The van der Waals surface area contributed by atoms with Gasteiger partial charge >= 0.3 is 6.09 Å². The zero-order valence-corrected chi connectivity index (χ0v) is 18.2. The molecule has 1 aromatic carbocycles. The summed E-state index contributed by atoms with van der Waals surface area (Å²) < 4.78 is 6.03. The Morgan fingerprint density at radius 1 is 1.14 bits per heavy atom. The Morgan fingerprint density at radius 3 is 2.54 bits per heavy atom. The molecule has 3 atom stereocenters. The van der Waals surface area contributed by atoms with Crippen LogP contribution in [0.25, 0.3) is 0 Å². The van der Waals surface area contributed by atoms with Crippen molar-refractivity contribution >= 4 is 51.8 Å². The van der Waals surface area contributed by atoms with Crippen LogP contribution >= 0.6 is 33.9 Å². The maximum atomic E-state index is 12.9. The van der Waals surface area contributed by atoms with Crippen molar-refractivity contribution in [1.82, 2.24) is 14.9 Å². The monoisotopic (exact) mass is 511 g/mol. The summed E-state index contributed by atoms with van der Waals surface area (Å²) in [4.78, 5) is 40.5. The Bertz CT molecular complexity index is 935. The highest BCUT2D eigenvalue weighted by atomic mass is 127. The number of nitrogens with zero attached hydrogens (tertiary/aromatic N) is 3. The highest BCUT2D eigenvalue weighted by molar-refractivity contribution is 14.1. The minimum Gasteiger partial charge on any atom is -0.452 e. The van der Waals surface area contributed by atoms with E-state index in [-0.39, 0.29) is 11.8 Å². The molecule has 28 heavy (non-hydrogen) atoms. The van der Waals surface area contributed by atoms with Gasteiger partial charge in [0.1, 0.15) is 6.04 Å². The van der Waals surface area contributed by atoms with Crippen LogP contribution in [0.1, 0.15) is 16.5 Å². The first kappa shape index (κ1) is 19.3. The number of amides is 3. The fourth-order valence-corrected chi connectivity index (χ4v) is 5.37. The van der Waals surface area contributed by atoms with Gasteiger partial charge in [-0.2, -0.15) is 0 Å². The lowest BCUT2D eigenvalue weighted by atomic mass is 9.94. The molecule has 0 saturated carbocycles. The maximum absolute atomic E-state index is 12.9. The second-order valence-corrected chi connectivity index (χ2v) is 8.81. The number of likely N-dealkylation sites (tertiary alicyclic amines) is 1. The zero-order chi connectivity index (χ0) is 20.0. The van der Waals surface area contributed by atoms with Crippen LogP contribution in [0.15, 0.2) is 41.8 Å². The predicted octanol–water partition coefficient (Wildman–Crippen LogP) is 2.88. The highest BCUT2D eigenvalue weighted by Crippen LogP contribution is 2.48. The van der Waals surface area contributed by atoms with Crippen LogP contribution in [0.3, 0.4) is 0 Å². The number of hydrazine groups is 1. The molecule has 2 aromatic rings. The maximum Gasteiger partial charge on any atom is 0.424 e. The Labute approximate surface area is 180 Å². The molecule has 4 rings (SSSR count). The molecule has 0 bridgehead atoms. The fraction of sp³-hybridized carbons (Fsp3) is 0.316. The summed E-state index contributed by atoms with van der Waals surface area (Å²) in [7, 11) is 2.75. The van der Waals surface area contributed by atoms with Gasteiger partial charge in [0.25, 0.3) is 5.91 Å². The minimum absolute atomic E-state index is 0.271. The van der Waals surface area contributed by atoms with Crippen molar-refractivity contribution in [3.63, 3.8) is 0 Å². The van der Waals surface area contributed by atoms with Crippen LogP contribution in [0.4, 0.5) is 4.79 Å². The Morgan fingerprint density at radius 2 is 1.89 bits per heavy atom. The molecule has 0 N–H and O–H groups in total. The van der Waals surface area contributed by atoms with Gasteiger partial charge in [-0.1, -0.05) is 24.3 Å². The van der Waals surface area contributed by atoms with Crippen molar-refractivity contribution in [3.05, 3.63) is 55.8 Å². The molecule has 0 unspecified atom stereocenters. The summed E-state index contributed by atoms with van der Waals surface area (Å²) >= 11 is 3.75. The van der Waals surface area contributed by atoms with Gasteiger partial charge in [0.05, 0.1) is 19.1 Å². The number of rotatable bonds is 3. The molecule has 3 heterocycles. The lowest BCUT2D eigenvalue weighted by molar-refractivity contribution is -0.143. The minimum atomic E-state index is -0.890. The number of ether oxygens (including phenoxy) is 1. The third-order valence-corrected chi connectivity index (χ3v) is 7.22. The number of fused-ring (bicyclic) bond motifs is 1. The number of imide groups is 1. The van der Waals surface area contributed by atoms with E-state index in [1.54, 1.807) is 0 Å². The molecule has 0 spiro atoms. The molecular formula is C19H18IN3O4S. The van der Waals surface area contributed by atoms with Gasteiger partial charge in [-0.15, -0.1) is 11.3 Å². The van der Waals surface area contributed by atoms with E-state index in [1.807, 2.05) is 46.8 Å². The lowest BCUT2D eigenvalue weighted by Gasteiger charge is -2.33. The molecule has 2 saturated heterocycles. The molecule has 1 aromatic heterocycles. The molecule has 7 nitrogen and oxygen atoms in total.